The topological polar surface area (TPSA) is 149 Å². The smallest absolute Gasteiger partial charge is 0.328 e. The second-order valence-corrected chi connectivity index (χ2v) is 6.45. The predicted octanol–water partition coefficient (Wildman–Crippen LogP) is 2.20. The second kappa shape index (κ2) is 9.36. The van der Waals surface area contributed by atoms with Gasteiger partial charge in [-0.05, 0) is 5.41 Å². The van der Waals surface area contributed by atoms with Crippen molar-refractivity contribution in [2.24, 2.45) is 16.7 Å². The van der Waals surface area contributed by atoms with Crippen LogP contribution in [0.2, 0.25) is 0 Å². The molecule has 0 aliphatic carbocycles. The maximum absolute atomic E-state index is 11.0. The highest BCUT2D eigenvalue weighted by atomic mass is 16.4. The van der Waals surface area contributed by atoms with Crippen molar-refractivity contribution in [3.8, 4) is 0 Å². The number of hydrogen-bond acceptors (Lipinski definition) is 4. The Morgan fingerprint density at radius 2 is 0.962 bits per heavy atom. The molecule has 0 unspecified atom stereocenters. The number of carboxylic acid groups (broad SMARTS) is 4. The first-order valence-electron chi connectivity index (χ1n) is 7.48. The Kier molecular flexibility index (Phi) is 8.22. The lowest BCUT2D eigenvalue weighted by Crippen LogP contribution is -2.38. The lowest BCUT2D eigenvalue weighted by molar-refractivity contribution is -0.132. The Bertz CT molecular complexity index is 626. The molecule has 0 atom stereocenters. The van der Waals surface area contributed by atoms with Gasteiger partial charge in [0.15, 0.2) is 0 Å². The van der Waals surface area contributed by atoms with Gasteiger partial charge in [-0.2, -0.15) is 0 Å². The molecule has 142 valence electrons. The monoisotopic (exact) mass is 366 g/mol. The van der Waals surface area contributed by atoms with Gasteiger partial charge in [0, 0.05) is 35.6 Å². The van der Waals surface area contributed by atoms with Crippen LogP contribution in [0.1, 0.15) is 20.8 Å². The van der Waals surface area contributed by atoms with Gasteiger partial charge < -0.3 is 20.4 Å². The molecule has 0 rings (SSSR count). The standard InChI is InChI=1S/C18H22O8/c1-17(2,3)18(10-8-15(23)24,11-9-16(25)26)12(4-6-13(19)20)5-7-14(21)22/h4-12H,1-3H3,(H,19,20)(H,21,22)(H,23,24)(H,25,26). The summed E-state index contributed by atoms with van der Waals surface area (Å²) in [5.74, 6) is -6.09. The zero-order valence-electron chi connectivity index (χ0n) is 14.6. The van der Waals surface area contributed by atoms with E-state index in [4.69, 9.17) is 20.4 Å². The summed E-state index contributed by atoms with van der Waals surface area (Å²) >= 11 is 0. The van der Waals surface area contributed by atoms with E-state index in [0.29, 0.717) is 0 Å². The van der Waals surface area contributed by atoms with Crippen molar-refractivity contribution < 1.29 is 39.6 Å². The van der Waals surface area contributed by atoms with Gasteiger partial charge in [0.05, 0.1) is 0 Å². The van der Waals surface area contributed by atoms with Gasteiger partial charge in [-0.1, -0.05) is 45.1 Å². The molecule has 8 heteroatoms. The van der Waals surface area contributed by atoms with Crippen LogP contribution in [-0.4, -0.2) is 44.3 Å². The van der Waals surface area contributed by atoms with Crippen molar-refractivity contribution in [3.05, 3.63) is 48.6 Å². The molecule has 0 aromatic carbocycles. The molecule has 0 fully saturated rings. The van der Waals surface area contributed by atoms with Crippen LogP contribution in [0.3, 0.4) is 0 Å². The number of carbonyl (C=O) groups is 4. The zero-order chi connectivity index (χ0) is 20.5. The summed E-state index contributed by atoms with van der Waals surface area (Å²) in [6.07, 6.45) is 8.05. The molecule has 0 aromatic heterocycles. The largest absolute Gasteiger partial charge is 0.478 e. The van der Waals surface area contributed by atoms with E-state index < -0.39 is 40.6 Å². The van der Waals surface area contributed by atoms with Gasteiger partial charge in [-0.25, -0.2) is 19.2 Å². The van der Waals surface area contributed by atoms with Crippen molar-refractivity contribution in [2.45, 2.75) is 20.8 Å². The molecule has 0 aliphatic rings. The maximum atomic E-state index is 11.0. The van der Waals surface area contributed by atoms with E-state index in [2.05, 4.69) is 0 Å². The van der Waals surface area contributed by atoms with Crippen LogP contribution in [0.5, 0.6) is 0 Å². The Balaban J connectivity index is 6.72. The average Bonchev–Trinajstić information content (AvgIpc) is 2.46. The lowest BCUT2D eigenvalue weighted by atomic mass is 9.59. The lowest BCUT2D eigenvalue weighted by Gasteiger charge is -2.44. The van der Waals surface area contributed by atoms with Gasteiger partial charge in [-0.3, -0.25) is 0 Å². The first-order chi connectivity index (χ1) is 11.8. The highest BCUT2D eigenvalue weighted by molar-refractivity contribution is 5.82. The fraction of sp³-hybridized carbons (Fsp3) is 0.333. The van der Waals surface area contributed by atoms with Crippen LogP contribution >= 0.6 is 0 Å². The first-order valence-corrected chi connectivity index (χ1v) is 7.48. The maximum Gasteiger partial charge on any atom is 0.328 e. The van der Waals surface area contributed by atoms with Crippen LogP contribution < -0.4 is 0 Å². The highest BCUT2D eigenvalue weighted by Crippen LogP contribution is 2.49. The Morgan fingerprint density at radius 1 is 0.654 bits per heavy atom. The van der Waals surface area contributed by atoms with Gasteiger partial charge in [-0.15, -0.1) is 0 Å². The summed E-state index contributed by atoms with van der Waals surface area (Å²) in [6, 6.07) is 0. The predicted molar refractivity (Wildman–Crippen MR) is 92.5 cm³/mol. The molecule has 0 spiro atoms. The molecule has 0 heterocycles. The molecule has 4 N–H and O–H groups in total. The fourth-order valence-corrected chi connectivity index (χ4v) is 2.45. The molecule has 0 amide bonds. The Morgan fingerprint density at radius 3 is 1.19 bits per heavy atom. The van der Waals surface area contributed by atoms with E-state index in [1.54, 1.807) is 20.8 Å². The van der Waals surface area contributed by atoms with E-state index in [9.17, 15) is 19.2 Å². The normalized spacial score (nSPS) is 16.3. The molecular weight excluding hydrogens is 344 g/mol. The van der Waals surface area contributed by atoms with Crippen molar-refractivity contribution in [1.29, 1.82) is 0 Å². The number of carboxylic acids is 4. The first kappa shape index (κ1) is 22.8. The zero-order valence-corrected chi connectivity index (χ0v) is 14.6. The molecule has 0 aliphatic heterocycles. The number of aliphatic carboxylic acids is 4. The van der Waals surface area contributed by atoms with Gasteiger partial charge in [0.2, 0.25) is 0 Å². The molecule has 0 aromatic rings. The summed E-state index contributed by atoms with van der Waals surface area (Å²) in [4.78, 5) is 43.8. The summed E-state index contributed by atoms with van der Waals surface area (Å²) in [5.41, 5.74) is -2.14. The van der Waals surface area contributed by atoms with Crippen LogP contribution in [0.25, 0.3) is 0 Å². The third kappa shape index (κ3) is 7.16. The van der Waals surface area contributed by atoms with Crippen molar-refractivity contribution >= 4 is 23.9 Å². The highest BCUT2D eigenvalue weighted by Gasteiger charge is 2.42. The van der Waals surface area contributed by atoms with Crippen LogP contribution in [0.15, 0.2) is 48.6 Å². The van der Waals surface area contributed by atoms with Crippen molar-refractivity contribution in [2.75, 3.05) is 0 Å². The number of hydrogen-bond donors (Lipinski definition) is 4. The van der Waals surface area contributed by atoms with Gasteiger partial charge in [0.1, 0.15) is 0 Å². The SMILES string of the molecule is CC(C)(C)C(C=CC(=O)O)(C=CC(=O)O)C(C=CC(=O)O)C=CC(=O)O. The molecule has 0 saturated heterocycles. The minimum absolute atomic E-state index is 0.792. The molecular formula is C18H22O8. The molecule has 0 saturated carbocycles. The van der Waals surface area contributed by atoms with Crippen LogP contribution in [-0.2, 0) is 19.2 Å². The summed E-state index contributed by atoms with van der Waals surface area (Å²) in [6.45, 7) is 5.09. The molecule has 0 radical (unpaired) electrons. The number of rotatable bonds is 9. The van der Waals surface area contributed by atoms with Crippen molar-refractivity contribution in [3.63, 3.8) is 0 Å². The van der Waals surface area contributed by atoms with Gasteiger partial charge >= 0.3 is 23.9 Å². The van der Waals surface area contributed by atoms with Crippen molar-refractivity contribution in [1.82, 2.24) is 0 Å². The summed E-state index contributed by atoms with van der Waals surface area (Å²) in [5, 5.41) is 35.8. The average molecular weight is 366 g/mol. The van der Waals surface area contributed by atoms with E-state index in [-0.39, 0.29) is 0 Å². The minimum Gasteiger partial charge on any atom is -0.478 e. The van der Waals surface area contributed by atoms with E-state index in [1.807, 2.05) is 0 Å². The number of allylic oxidation sites excluding steroid dienone is 4. The summed E-state index contributed by atoms with van der Waals surface area (Å²) in [7, 11) is 0. The van der Waals surface area contributed by atoms with E-state index in [0.717, 1.165) is 24.3 Å². The Labute approximate surface area is 150 Å². The molecule has 0 bridgehead atoms. The third-order valence-electron chi connectivity index (χ3n) is 3.75. The second-order valence-electron chi connectivity index (χ2n) is 6.45. The minimum atomic E-state index is -1.33. The fourth-order valence-electron chi connectivity index (χ4n) is 2.45. The van der Waals surface area contributed by atoms with Crippen LogP contribution in [0, 0.1) is 16.7 Å². The van der Waals surface area contributed by atoms with E-state index >= 15 is 0 Å². The van der Waals surface area contributed by atoms with E-state index in [1.165, 1.54) is 24.3 Å². The summed E-state index contributed by atoms with van der Waals surface area (Å²) < 4.78 is 0. The Hall–Kier alpha value is -3.16. The molecule has 8 nitrogen and oxygen atoms in total. The molecule has 26 heavy (non-hydrogen) atoms. The van der Waals surface area contributed by atoms with Crippen LogP contribution in [0.4, 0.5) is 0 Å². The van der Waals surface area contributed by atoms with Gasteiger partial charge in [0.25, 0.3) is 0 Å². The third-order valence-corrected chi connectivity index (χ3v) is 3.75. The quantitative estimate of drug-likeness (QED) is 0.454.